The smallest absolute Gasteiger partial charge is 0.261 e. The summed E-state index contributed by atoms with van der Waals surface area (Å²) in [7, 11) is 1.61. The van der Waals surface area contributed by atoms with Crippen LogP contribution in [0.5, 0.6) is 5.75 Å². The molecule has 1 aliphatic rings. The Morgan fingerprint density at radius 2 is 1.88 bits per heavy atom. The van der Waals surface area contributed by atoms with Crippen molar-refractivity contribution in [1.82, 2.24) is 25.0 Å². The highest BCUT2D eigenvalue weighted by Crippen LogP contribution is 2.27. The maximum atomic E-state index is 13.3. The molecule has 168 valence electrons. The third-order valence-corrected chi connectivity index (χ3v) is 5.67. The van der Waals surface area contributed by atoms with Gasteiger partial charge in [0.1, 0.15) is 11.4 Å². The Bertz CT molecular complexity index is 1240. The second-order valence-corrected chi connectivity index (χ2v) is 7.89. The molecule has 9 nitrogen and oxygen atoms in total. The van der Waals surface area contributed by atoms with Gasteiger partial charge in [-0.3, -0.25) is 10.1 Å². The summed E-state index contributed by atoms with van der Waals surface area (Å²) < 4.78 is 7.06. The number of aromatic nitrogens is 5. The number of rotatable bonds is 6. The van der Waals surface area contributed by atoms with Crippen LogP contribution in [0.4, 0.5) is 11.9 Å². The number of carbonyl (C=O) groups excluding carboxylic acids is 1. The van der Waals surface area contributed by atoms with Gasteiger partial charge in [0, 0.05) is 24.8 Å². The first-order chi connectivity index (χ1) is 16.2. The molecule has 0 aliphatic carbocycles. The Kier molecular flexibility index (Phi) is 5.75. The molecule has 2 N–H and O–H groups in total. The van der Waals surface area contributed by atoms with Crippen LogP contribution in [-0.4, -0.2) is 51.1 Å². The number of methoxy groups -OCH3 is 1. The lowest BCUT2D eigenvalue weighted by molar-refractivity contribution is 0.102. The molecule has 3 heterocycles. The predicted molar refractivity (Wildman–Crippen MR) is 126 cm³/mol. The minimum Gasteiger partial charge on any atom is -0.497 e. The quantitative estimate of drug-likeness (QED) is 0.469. The van der Waals surface area contributed by atoms with E-state index in [-0.39, 0.29) is 5.91 Å². The number of nitrogens with zero attached hydrogens (tertiary/aromatic N) is 5. The maximum Gasteiger partial charge on any atom is 0.261 e. The maximum absolute atomic E-state index is 13.3. The van der Waals surface area contributed by atoms with E-state index in [1.54, 1.807) is 18.0 Å². The van der Waals surface area contributed by atoms with Crippen LogP contribution in [0.25, 0.3) is 16.9 Å². The molecule has 0 unspecified atom stereocenters. The summed E-state index contributed by atoms with van der Waals surface area (Å²) in [6, 6.07) is 17.2. The topological polar surface area (TPSA) is 101 Å². The van der Waals surface area contributed by atoms with Gasteiger partial charge in [0.15, 0.2) is 0 Å². The molecule has 1 fully saturated rings. The monoisotopic (exact) mass is 443 g/mol. The summed E-state index contributed by atoms with van der Waals surface area (Å²) in [5.41, 5.74) is 2.60. The molecule has 1 saturated heterocycles. The van der Waals surface area contributed by atoms with Gasteiger partial charge < -0.3 is 9.64 Å². The van der Waals surface area contributed by atoms with Gasteiger partial charge >= 0.3 is 0 Å². The van der Waals surface area contributed by atoms with E-state index < -0.39 is 0 Å². The number of hydrogen-bond acceptors (Lipinski definition) is 6. The van der Waals surface area contributed by atoms with Gasteiger partial charge in [-0.05, 0) is 43.5 Å². The Balaban J connectivity index is 1.46. The van der Waals surface area contributed by atoms with Crippen LogP contribution in [0.1, 0.15) is 29.6 Å². The van der Waals surface area contributed by atoms with Crippen molar-refractivity contribution in [1.29, 1.82) is 0 Å². The molecule has 33 heavy (non-hydrogen) atoms. The van der Waals surface area contributed by atoms with Gasteiger partial charge in [-0.25, -0.2) is 9.78 Å². The summed E-state index contributed by atoms with van der Waals surface area (Å²) in [6.45, 7) is 1.85. The zero-order valence-electron chi connectivity index (χ0n) is 18.4. The molecular formula is C24H25N7O2. The average Bonchev–Trinajstić information content (AvgIpc) is 3.53. The molecule has 9 heteroatoms. The lowest BCUT2D eigenvalue weighted by Gasteiger charge is -2.24. The van der Waals surface area contributed by atoms with Crippen LogP contribution in [0.3, 0.4) is 0 Å². The first-order valence-corrected chi connectivity index (χ1v) is 11.0. The number of benzene rings is 2. The van der Waals surface area contributed by atoms with Crippen molar-refractivity contribution in [2.24, 2.45) is 0 Å². The van der Waals surface area contributed by atoms with Gasteiger partial charge in [-0.15, -0.1) is 5.10 Å². The third-order valence-electron chi connectivity index (χ3n) is 5.67. The molecule has 2 aromatic heterocycles. The van der Waals surface area contributed by atoms with Crippen LogP contribution < -0.4 is 15.0 Å². The minimum absolute atomic E-state index is 0.310. The van der Waals surface area contributed by atoms with Gasteiger partial charge in [0.25, 0.3) is 5.91 Å². The highest BCUT2D eigenvalue weighted by Gasteiger charge is 2.21. The SMILES string of the molecule is COc1cccc(-c2nn(-c3ccccc3)cc2C(=O)Nc2nc(N3CCCCC3)n[nH]2)c1. The van der Waals surface area contributed by atoms with Crippen LogP contribution in [0.15, 0.2) is 60.8 Å². The van der Waals surface area contributed by atoms with E-state index in [0.717, 1.165) is 37.2 Å². The Labute approximate surface area is 191 Å². The molecule has 0 saturated carbocycles. The number of amides is 1. The van der Waals surface area contributed by atoms with Gasteiger partial charge in [0.05, 0.1) is 18.4 Å². The number of nitrogens with one attached hydrogen (secondary N) is 2. The number of hydrogen-bond donors (Lipinski definition) is 2. The standard InChI is InChI=1S/C24H25N7O2/c1-33-19-12-8-9-17(15-19)21-20(16-31(29-21)18-10-4-2-5-11-18)22(32)25-23-26-24(28-27-23)30-13-6-3-7-14-30/h2,4-5,8-12,15-16H,3,6-7,13-14H2,1H3,(H2,25,26,27,28,32). The van der Waals surface area contributed by atoms with Gasteiger partial charge in [-0.1, -0.05) is 30.3 Å². The fourth-order valence-corrected chi connectivity index (χ4v) is 3.96. The summed E-state index contributed by atoms with van der Waals surface area (Å²) >= 11 is 0. The second-order valence-electron chi connectivity index (χ2n) is 7.89. The molecule has 0 atom stereocenters. The first kappa shape index (κ1) is 20.7. The Hall–Kier alpha value is -4.14. The van der Waals surface area contributed by atoms with E-state index in [2.05, 4.69) is 25.4 Å². The van der Waals surface area contributed by atoms with Crippen LogP contribution >= 0.6 is 0 Å². The van der Waals surface area contributed by atoms with E-state index in [0.29, 0.717) is 28.9 Å². The number of para-hydroxylation sites is 1. The lowest BCUT2D eigenvalue weighted by Crippen LogP contribution is -2.30. The summed E-state index contributed by atoms with van der Waals surface area (Å²) in [4.78, 5) is 19.9. The van der Waals surface area contributed by atoms with Crippen molar-refractivity contribution in [2.45, 2.75) is 19.3 Å². The van der Waals surface area contributed by atoms with Crippen molar-refractivity contribution in [2.75, 3.05) is 30.4 Å². The number of piperidine rings is 1. The Morgan fingerprint density at radius 1 is 1.06 bits per heavy atom. The number of aromatic amines is 1. The molecule has 1 amide bonds. The van der Waals surface area contributed by atoms with Crippen molar-refractivity contribution in [3.8, 4) is 22.7 Å². The molecule has 0 spiro atoms. The lowest BCUT2D eigenvalue weighted by atomic mass is 10.1. The van der Waals surface area contributed by atoms with E-state index in [4.69, 9.17) is 9.84 Å². The molecular weight excluding hydrogens is 418 g/mol. The van der Waals surface area contributed by atoms with Gasteiger partial charge in [-0.2, -0.15) is 10.1 Å². The fourth-order valence-electron chi connectivity index (χ4n) is 3.96. The molecule has 0 radical (unpaired) electrons. The van der Waals surface area contributed by atoms with E-state index in [1.807, 2.05) is 54.6 Å². The summed E-state index contributed by atoms with van der Waals surface area (Å²) in [6.07, 6.45) is 5.20. The number of H-pyrrole nitrogens is 1. The van der Waals surface area contributed by atoms with Crippen molar-refractivity contribution >= 4 is 17.8 Å². The van der Waals surface area contributed by atoms with Crippen LogP contribution in [0.2, 0.25) is 0 Å². The average molecular weight is 444 g/mol. The van der Waals surface area contributed by atoms with Crippen LogP contribution in [0, 0.1) is 0 Å². The molecule has 1 aliphatic heterocycles. The predicted octanol–water partition coefficient (Wildman–Crippen LogP) is 3.91. The third kappa shape index (κ3) is 4.43. The largest absolute Gasteiger partial charge is 0.497 e. The first-order valence-electron chi connectivity index (χ1n) is 11.0. The summed E-state index contributed by atoms with van der Waals surface area (Å²) in [5.74, 6) is 1.29. The molecule has 2 aromatic carbocycles. The second kappa shape index (κ2) is 9.15. The summed E-state index contributed by atoms with van der Waals surface area (Å²) in [5, 5.41) is 14.7. The van der Waals surface area contributed by atoms with Crippen molar-refractivity contribution < 1.29 is 9.53 Å². The highest BCUT2D eigenvalue weighted by molar-refractivity contribution is 6.07. The van der Waals surface area contributed by atoms with Crippen molar-refractivity contribution in [3.63, 3.8) is 0 Å². The van der Waals surface area contributed by atoms with Gasteiger partial charge in [0.2, 0.25) is 11.9 Å². The molecule has 4 aromatic rings. The molecule has 5 rings (SSSR count). The van der Waals surface area contributed by atoms with Crippen LogP contribution in [-0.2, 0) is 0 Å². The number of anilines is 2. The zero-order valence-corrected chi connectivity index (χ0v) is 18.4. The number of carbonyl (C=O) groups is 1. The van der Waals surface area contributed by atoms with E-state index in [9.17, 15) is 4.79 Å². The Morgan fingerprint density at radius 3 is 2.67 bits per heavy atom. The minimum atomic E-state index is -0.323. The van der Waals surface area contributed by atoms with E-state index >= 15 is 0 Å². The normalized spacial score (nSPS) is 13.7. The van der Waals surface area contributed by atoms with E-state index in [1.165, 1.54) is 6.42 Å². The zero-order chi connectivity index (χ0) is 22.6. The number of ether oxygens (including phenoxy) is 1. The molecule has 0 bridgehead atoms. The van der Waals surface area contributed by atoms with Crippen molar-refractivity contribution in [3.05, 3.63) is 66.4 Å². The highest BCUT2D eigenvalue weighted by atomic mass is 16.5. The fraction of sp³-hybridized carbons (Fsp3) is 0.250.